The van der Waals surface area contributed by atoms with Crippen LogP contribution in [0.5, 0.6) is 5.75 Å². The quantitative estimate of drug-likeness (QED) is 0.661. The second kappa shape index (κ2) is 10.5. The van der Waals surface area contributed by atoms with Crippen molar-refractivity contribution in [3.05, 3.63) is 41.0 Å². The molecule has 1 amide bonds. The zero-order chi connectivity index (χ0) is 22.4. The zero-order valence-electron chi connectivity index (χ0n) is 19.2. The first kappa shape index (κ1) is 22.9. The van der Waals surface area contributed by atoms with Crippen LogP contribution < -0.4 is 10.1 Å². The van der Waals surface area contributed by atoms with Crippen molar-refractivity contribution in [1.82, 2.24) is 14.9 Å². The molecule has 3 rings (SSSR count). The highest BCUT2D eigenvalue weighted by Crippen LogP contribution is 2.30. The highest BCUT2D eigenvalue weighted by molar-refractivity contribution is 5.94. The molecular formula is C25H34N4O2. The molecule has 1 N–H and O–H groups in total. The van der Waals surface area contributed by atoms with Gasteiger partial charge in [0.2, 0.25) is 0 Å². The number of imidazole rings is 1. The molecule has 0 spiro atoms. The Bertz CT molecular complexity index is 949. The van der Waals surface area contributed by atoms with E-state index in [9.17, 15) is 10.1 Å². The van der Waals surface area contributed by atoms with Gasteiger partial charge in [-0.3, -0.25) is 9.36 Å². The van der Waals surface area contributed by atoms with Crippen LogP contribution in [0.4, 0.5) is 0 Å². The van der Waals surface area contributed by atoms with E-state index >= 15 is 0 Å². The van der Waals surface area contributed by atoms with Gasteiger partial charge in [0.15, 0.2) is 11.4 Å². The third-order valence-corrected chi connectivity index (χ3v) is 6.29. The molecule has 1 aromatic carbocycles. The van der Waals surface area contributed by atoms with E-state index in [-0.39, 0.29) is 17.3 Å². The Morgan fingerprint density at radius 3 is 2.65 bits per heavy atom. The van der Waals surface area contributed by atoms with Gasteiger partial charge in [-0.05, 0) is 48.8 Å². The maximum Gasteiger partial charge on any atom is 0.272 e. The lowest BCUT2D eigenvalue weighted by atomic mass is 9.83. The van der Waals surface area contributed by atoms with E-state index in [1.54, 1.807) is 11.7 Å². The number of carbonyl (C=O) groups excluding carboxylic acids is 1. The van der Waals surface area contributed by atoms with Crippen molar-refractivity contribution in [3.63, 3.8) is 0 Å². The molecule has 1 aromatic heterocycles. The van der Waals surface area contributed by atoms with E-state index in [2.05, 4.69) is 30.2 Å². The summed E-state index contributed by atoms with van der Waals surface area (Å²) in [5.74, 6) is 2.36. The lowest BCUT2D eigenvalue weighted by Crippen LogP contribution is -2.31. The Labute approximate surface area is 185 Å². The normalized spacial score (nSPS) is 18.4. The van der Waals surface area contributed by atoms with Crippen molar-refractivity contribution >= 4 is 5.91 Å². The average molecular weight is 423 g/mol. The number of benzene rings is 1. The third kappa shape index (κ3) is 5.10. The van der Waals surface area contributed by atoms with Crippen LogP contribution in [0, 0.1) is 23.2 Å². The van der Waals surface area contributed by atoms with Crippen molar-refractivity contribution in [2.24, 2.45) is 11.8 Å². The van der Waals surface area contributed by atoms with Gasteiger partial charge in [0.1, 0.15) is 17.6 Å². The number of methoxy groups -OCH3 is 1. The lowest BCUT2D eigenvalue weighted by molar-refractivity contribution is 0.0937. The van der Waals surface area contributed by atoms with Crippen LogP contribution in [-0.4, -0.2) is 29.1 Å². The number of hydrogen-bond donors (Lipinski definition) is 1. The Hall–Kier alpha value is -2.81. The van der Waals surface area contributed by atoms with Crippen LogP contribution >= 0.6 is 0 Å². The summed E-state index contributed by atoms with van der Waals surface area (Å²) >= 11 is 0. The van der Waals surface area contributed by atoms with Gasteiger partial charge < -0.3 is 10.1 Å². The van der Waals surface area contributed by atoms with E-state index in [0.717, 1.165) is 37.3 Å². The summed E-state index contributed by atoms with van der Waals surface area (Å²) in [7, 11) is 1.63. The largest absolute Gasteiger partial charge is 0.495 e. The van der Waals surface area contributed by atoms with Crippen LogP contribution in [0.3, 0.4) is 0 Å². The number of hydrogen-bond acceptors (Lipinski definition) is 4. The number of nitrogens with zero attached hydrogens (tertiary/aromatic N) is 3. The third-order valence-electron chi connectivity index (χ3n) is 6.29. The summed E-state index contributed by atoms with van der Waals surface area (Å²) in [5.41, 5.74) is 2.37. The van der Waals surface area contributed by atoms with Gasteiger partial charge in [-0.1, -0.05) is 46.1 Å². The highest BCUT2D eigenvalue weighted by atomic mass is 16.5. The highest BCUT2D eigenvalue weighted by Gasteiger charge is 2.25. The number of aromatic nitrogens is 2. The number of aryl methyl sites for hydroxylation is 2. The fraction of sp³-hybridized carbons (Fsp3) is 0.560. The fourth-order valence-corrected chi connectivity index (χ4v) is 4.43. The van der Waals surface area contributed by atoms with E-state index in [4.69, 9.17) is 4.74 Å². The fourth-order valence-electron chi connectivity index (χ4n) is 4.43. The molecule has 6 heteroatoms. The Balaban J connectivity index is 1.89. The number of nitriles is 1. The molecule has 1 saturated carbocycles. The van der Waals surface area contributed by atoms with Crippen LogP contribution in [-0.2, 0) is 12.8 Å². The molecule has 1 heterocycles. The topological polar surface area (TPSA) is 79.9 Å². The average Bonchev–Trinajstić information content (AvgIpc) is 3.17. The number of nitrogens with one attached hydrogen (secondary N) is 1. The minimum atomic E-state index is -0.273. The molecule has 2 aromatic rings. The van der Waals surface area contributed by atoms with E-state index < -0.39 is 0 Å². The summed E-state index contributed by atoms with van der Waals surface area (Å²) in [5, 5.41) is 13.0. The van der Waals surface area contributed by atoms with Crippen molar-refractivity contribution in [1.29, 1.82) is 5.26 Å². The molecule has 1 aliphatic carbocycles. The monoisotopic (exact) mass is 422 g/mol. The molecule has 1 fully saturated rings. The summed E-state index contributed by atoms with van der Waals surface area (Å²) < 4.78 is 7.40. The van der Waals surface area contributed by atoms with Gasteiger partial charge in [-0.2, -0.15) is 5.26 Å². The Morgan fingerprint density at radius 1 is 1.29 bits per heavy atom. The van der Waals surface area contributed by atoms with Gasteiger partial charge >= 0.3 is 0 Å². The Morgan fingerprint density at radius 2 is 2.03 bits per heavy atom. The van der Waals surface area contributed by atoms with Crippen molar-refractivity contribution in [2.75, 3.05) is 13.7 Å². The molecule has 0 aliphatic heterocycles. The minimum absolute atomic E-state index is 0.197. The van der Waals surface area contributed by atoms with Crippen molar-refractivity contribution < 1.29 is 9.53 Å². The van der Waals surface area contributed by atoms with E-state index in [0.29, 0.717) is 30.5 Å². The maximum atomic E-state index is 13.0. The maximum absolute atomic E-state index is 13.0. The summed E-state index contributed by atoms with van der Waals surface area (Å²) in [4.78, 5) is 17.5. The summed E-state index contributed by atoms with van der Waals surface area (Å²) in [6.45, 7) is 7.04. The summed E-state index contributed by atoms with van der Waals surface area (Å²) in [6, 6.07) is 8.22. The lowest BCUT2D eigenvalue weighted by Gasteiger charge is -2.26. The number of amides is 1. The van der Waals surface area contributed by atoms with Gasteiger partial charge in [-0.15, -0.1) is 0 Å². The van der Waals surface area contributed by atoms with Gasteiger partial charge in [0, 0.05) is 13.0 Å². The molecule has 1 aliphatic rings. The smallest absolute Gasteiger partial charge is 0.272 e. The number of ether oxygens (including phenoxy) is 1. The molecular weight excluding hydrogens is 388 g/mol. The van der Waals surface area contributed by atoms with Crippen LogP contribution in [0.25, 0.3) is 5.69 Å². The molecule has 31 heavy (non-hydrogen) atoms. The predicted octanol–water partition coefficient (Wildman–Crippen LogP) is 4.82. The molecule has 0 atom stereocenters. The molecule has 0 radical (unpaired) electrons. The molecule has 0 saturated heterocycles. The molecule has 0 unspecified atom stereocenters. The zero-order valence-corrected chi connectivity index (χ0v) is 19.2. The minimum Gasteiger partial charge on any atom is -0.495 e. The first-order valence-electron chi connectivity index (χ1n) is 11.5. The summed E-state index contributed by atoms with van der Waals surface area (Å²) in [6.07, 6.45) is 7.31. The predicted molar refractivity (Wildman–Crippen MR) is 122 cm³/mol. The second-order valence-corrected chi connectivity index (χ2v) is 8.62. The van der Waals surface area contributed by atoms with Crippen LogP contribution in [0.2, 0.25) is 0 Å². The number of rotatable bonds is 8. The first-order valence-corrected chi connectivity index (χ1v) is 11.5. The van der Waals surface area contributed by atoms with Crippen molar-refractivity contribution in [3.8, 4) is 17.5 Å². The van der Waals surface area contributed by atoms with Crippen molar-refractivity contribution in [2.45, 2.75) is 65.7 Å². The Kier molecular flexibility index (Phi) is 7.73. The molecule has 166 valence electrons. The number of carbonyl (C=O) groups is 1. The van der Waals surface area contributed by atoms with E-state index in [1.165, 1.54) is 18.4 Å². The van der Waals surface area contributed by atoms with Gasteiger partial charge in [0.25, 0.3) is 5.91 Å². The standard InChI is InChI=1S/C25H34N4O2/c1-5-7-18-12-13-20(22(14-18)31-4)29-21(15-26)24(28-23(29)6-2)25(30)27-16-19-10-8-17(3)9-11-19/h12-14,17,19H,5-11,16H2,1-4H3,(H,27,30). The molecule has 6 nitrogen and oxygen atoms in total. The van der Waals surface area contributed by atoms with Crippen LogP contribution in [0.1, 0.15) is 80.4 Å². The first-order chi connectivity index (χ1) is 15.0. The molecule has 0 bridgehead atoms. The van der Waals surface area contributed by atoms with E-state index in [1.807, 2.05) is 25.1 Å². The van der Waals surface area contributed by atoms with Gasteiger partial charge in [-0.25, -0.2) is 4.98 Å². The van der Waals surface area contributed by atoms with Gasteiger partial charge in [0.05, 0.1) is 12.8 Å². The second-order valence-electron chi connectivity index (χ2n) is 8.62. The SMILES string of the molecule is CCCc1ccc(-n2c(CC)nc(C(=O)NCC3CCC(C)CC3)c2C#N)c(OC)c1. The van der Waals surface area contributed by atoms with Crippen LogP contribution in [0.15, 0.2) is 18.2 Å².